The number of nitrogens with one attached hydrogen (secondary N) is 1. The number of piperazine rings is 1. The van der Waals surface area contributed by atoms with Gasteiger partial charge in [0.2, 0.25) is 0 Å². The normalized spacial score (nSPS) is 23.3. The van der Waals surface area contributed by atoms with Crippen LogP contribution in [-0.4, -0.2) is 58.0 Å². The molecule has 0 radical (unpaired) electrons. The van der Waals surface area contributed by atoms with E-state index in [1.54, 1.807) is 12.1 Å². The smallest absolute Gasteiger partial charge is 0.169 e. The van der Waals surface area contributed by atoms with Gasteiger partial charge in [-0.2, -0.15) is 0 Å². The molecule has 2 aromatic heterocycles. The number of nitrogens with zero attached hydrogens (tertiary/aromatic N) is 5. The van der Waals surface area contributed by atoms with Crippen LogP contribution in [0, 0.1) is 11.8 Å². The lowest BCUT2D eigenvalue weighted by molar-refractivity contribution is 0.477. The van der Waals surface area contributed by atoms with Gasteiger partial charge in [-0.25, -0.2) is 4.98 Å². The Hall–Kier alpha value is -3.83. The van der Waals surface area contributed by atoms with Crippen molar-refractivity contribution in [1.29, 1.82) is 0 Å². The summed E-state index contributed by atoms with van der Waals surface area (Å²) in [6.07, 6.45) is 6.42. The molecule has 3 aliphatic rings. The molecule has 3 aliphatic heterocycles. The van der Waals surface area contributed by atoms with Crippen molar-refractivity contribution in [3.05, 3.63) is 54.4 Å². The monoisotopic (exact) mass is 467 g/mol. The third-order valence-corrected chi connectivity index (χ3v) is 7.28. The maximum absolute atomic E-state index is 10.3. The molecule has 6 rings (SSSR count). The van der Waals surface area contributed by atoms with E-state index in [9.17, 15) is 5.11 Å². The summed E-state index contributed by atoms with van der Waals surface area (Å²) < 4.78 is 0. The van der Waals surface area contributed by atoms with Crippen molar-refractivity contribution in [3.63, 3.8) is 0 Å². The molecule has 0 amide bonds. The van der Waals surface area contributed by atoms with Crippen molar-refractivity contribution >= 4 is 17.2 Å². The molecule has 8 heteroatoms. The van der Waals surface area contributed by atoms with Crippen LogP contribution in [0.4, 0.5) is 17.2 Å². The average molecular weight is 468 g/mol. The standard InChI is InChI=1S/C27H29N7O/c28-27-25(15-24(31-32-27)23-5-1-2-6-26(23)35)33-16-21-9-10-22(17-33)34(21)20-11-13-30-19(14-20)8-7-18-4-3-12-29-18/h1-2,5-6,11,13-15,18,21-22,29,35H,3-4,9-10,12,16-17H2,(H2,28,32). The molecule has 0 aliphatic carbocycles. The van der Waals surface area contributed by atoms with Gasteiger partial charge in [0.1, 0.15) is 11.4 Å². The molecule has 3 fully saturated rings. The molecule has 3 atom stereocenters. The summed E-state index contributed by atoms with van der Waals surface area (Å²) in [6.45, 7) is 2.75. The van der Waals surface area contributed by atoms with Crippen LogP contribution in [0.15, 0.2) is 48.7 Å². The van der Waals surface area contributed by atoms with Gasteiger partial charge in [-0.3, -0.25) is 0 Å². The second-order valence-corrected chi connectivity index (χ2v) is 9.53. The Morgan fingerprint density at radius 3 is 2.63 bits per heavy atom. The minimum Gasteiger partial charge on any atom is -0.507 e. The first-order chi connectivity index (χ1) is 17.2. The first-order valence-corrected chi connectivity index (χ1v) is 12.3. The van der Waals surface area contributed by atoms with E-state index in [-0.39, 0.29) is 11.8 Å². The van der Waals surface area contributed by atoms with Crippen molar-refractivity contribution < 1.29 is 5.11 Å². The summed E-state index contributed by atoms with van der Waals surface area (Å²) in [5.74, 6) is 7.20. The summed E-state index contributed by atoms with van der Waals surface area (Å²) in [5.41, 5.74) is 10.4. The summed E-state index contributed by atoms with van der Waals surface area (Å²) in [6, 6.07) is 14.4. The number of fused-ring (bicyclic) bond motifs is 2. The van der Waals surface area contributed by atoms with Crippen molar-refractivity contribution in [2.75, 3.05) is 35.2 Å². The third-order valence-electron chi connectivity index (χ3n) is 7.28. The Morgan fingerprint density at radius 2 is 1.86 bits per heavy atom. The van der Waals surface area contributed by atoms with E-state index in [1.807, 2.05) is 24.4 Å². The van der Waals surface area contributed by atoms with Gasteiger partial charge in [0, 0.05) is 42.6 Å². The number of aromatic hydroxyl groups is 1. The quantitative estimate of drug-likeness (QED) is 0.506. The number of hydrogen-bond donors (Lipinski definition) is 3. The molecule has 35 heavy (non-hydrogen) atoms. The fourth-order valence-corrected chi connectivity index (χ4v) is 5.60. The Bertz CT molecular complexity index is 1280. The summed E-state index contributed by atoms with van der Waals surface area (Å²) >= 11 is 0. The van der Waals surface area contributed by atoms with E-state index in [0.717, 1.165) is 50.3 Å². The van der Waals surface area contributed by atoms with E-state index in [0.29, 0.717) is 29.2 Å². The van der Waals surface area contributed by atoms with Crippen LogP contribution in [0.2, 0.25) is 0 Å². The van der Waals surface area contributed by atoms with Crippen molar-refractivity contribution in [2.24, 2.45) is 0 Å². The third kappa shape index (κ3) is 4.24. The number of nitrogens with two attached hydrogens (primary N) is 1. The zero-order valence-electron chi connectivity index (χ0n) is 19.6. The van der Waals surface area contributed by atoms with E-state index >= 15 is 0 Å². The average Bonchev–Trinajstić information content (AvgIpc) is 3.49. The van der Waals surface area contributed by atoms with Gasteiger partial charge in [0.25, 0.3) is 0 Å². The van der Waals surface area contributed by atoms with E-state index < -0.39 is 0 Å². The number of pyridine rings is 1. The first kappa shape index (κ1) is 21.7. The number of aromatic nitrogens is 3. The second-order valence-electron chi connectivity index (χ2n) is 9.53. The van der Waals surface area contributed by atoms with Gasteiger partial charge in [0.05, 0.1) is 17.4 Å². The fraction of sp³-hybridized carbons (Fsp3) is 0.370. The van der Waals surface area contributed by atoms with Gasteiger partial charge in [0.15, 0.2) is 5.82 Å². The Morgan fingerprint density at radius 1 is 1.03 bits per heavy atom. The van der Waals surface area contributed by atoms with Gasteiger partial charge in [-0.05, 0) is 68.5 Å². The van der Waals surface area contributed by atoms with E-state index in [4.69, 9.17) is 5.73 Å². The lowest BCUT2D eigenvalue weighted by Crippen LogP contribution is -2.54. The van der Waals surface area contributed by atoms with Crippen LogP contribution < -0.4 is 20.9 Å². The largest absolute Gasteiger partial charge is 0.507 e. The number of anilines is 3. The number of hydrogen-bond acceptors (Lipinski definition) is 8. The van der Waals surface area contributed by atoms with E-state index in [1.165, 1.54) is 12.1 Å². The molecule has 8 nitrogen and oxygen atoms in total. The molecule has 4 N–H and O–H groups in total. The predicted octanol–water partition coefficient (Wildman–Crippen LogP) is 2.79. The maximum atomic E-state index is 10.3. The van der Waals surface area contributed by atoms with Crippen LogP contribution in [0.5, 0.6) is 5.75 Å². The molecule has 5 heterocycles. The summed E-state index contributed by atoms with van der Waals surface area (Å²) in [4.78, 5) is 9.35. The lowest BCUT2D eigenvalue weighted by Gasteiger charge is -2.43. The van der Waals surface area contributed by atoms with Crippen LogP contribution in [-0.2, 0) is 0 Å². The SMILES string of the molecule is Nc1nnc(-c2ccccc2O)cc1N1CC2CCC(C1)N2c1ccnc(C#CC2CCCN2)c1. The fourth-order valence-electron chi connectivity index (χ4n) is 5.60. The van der Waals surface area contributed by atoms with Crippen molar-refractivity contribution in [2.45, 2.75) is 43.8 Å². The minimum atomic E-state index is 0.183. The number of benzene rings is 1. The Labute approximate surface area is 205 Å². The van der Waals surface area contributed by atoms with Crippen LogP contribution in [0.25, 0.3) is 11.3 Å². The topological polar surface area (TPSA) is 103 Å². The molecule has 178 valence electrons. The number of phenolic OH excluding ortho intramolecular Hbond substituents is 1. The number of phenols is 1. The molecule has 3 saturated heterocycles. The molecule has 3 aromatic rings. The molecule has 0 spiro atoms. The Kier molecular flexibility index (Phi) is 5.63. The molecule has 3 unspecified atom stereocenters. The highest BCUT2D eigenvalue weighted by atomic mass is 16.3. The maximum Gasteiger partial charge on any atom is 0.169 e. The lowest BCUT2D eigenvalue weighted by atomic mass is 10.1. The highest BCUT2D eigenvalue weighted by Crippen LogP contribution is 2.38. The number of para-hydroxylation sites is 1. The zero-order chi connectivity index (χ0) is 23.8. The van der Waals surface area contributed by atoms with Gasteiger partial charge in [-0.1, -0.05) is 18.1 Å². The number of nitrogen functional groups attached to an aromatic ring is 1. The highest BCUT2D eigenvalue weighted by Gasteiger charge is 2.40. The van der Waals surface area contributed by atoms with E-state index in [2.05, 4.69) is 54.3 Å². The summed E-state index contributed by atoms with van der Waals surface area (Å²) in [7, 11) is 0. The minimum absolute atomic E-state index is 0.183. The molecular formula is C27H29N7O. The van der Waals surface area contributed by atoms with Crippen LogP contribution in [0.3, 0.4) is 0 Å². The highest BCUT2D eigenvalue weighted by molar-refractivity contribution is 5.74. The molecular weight excluding hydrogens is 438 g/mol. The molecule has 2 bridgehead atoms. The second kappa shape index (κ2) is 9.08. The van der Waals surface area contributed by atoms with Crippen LogP contribution in [0.1, 0.15) is 31.4 Å². The van der Waals surface area contributed by atoms with Crippen LogP contribution >= 0.6 is 0 Å². The van der Waals surface area contributed by atoms with Gasteiger partial charge in [-0.15, -0.1) is 10.2 Å². The number of rotatable bonds is 3. The van der Waals surface area contributed by atoms with Gasteiger partial charge < -0.3 is 26.0 Å². The zero-order valence-corrected chi connectivity index (χ0v) is 19.6. The molecule has 1 aromatic carbocycles. The Balaban J connectivity index is 1.23. The van der Waals surface area contributed by atoms with Gasteiger partial charge >= 0.3 is 0 Å². The van der Waals surface area contributed by atoms with Crippen molar-refractivity contribution in [3.8, 4) is 28.8 Å². The summed E-state index contributed by atoms with van der Waals surface area (Å²) in [5, 5.41) is 22.2. The molecule has 0 saturated carbocycles. The predicted molar refractivity (Wildman–Crippen MR) is 137 cm³/mol. The van der Waals surface area contributed by atoms with Crippen molar-refractivity contribution in [1.82, 2.24) is 20.5 Å². The first-order valence-electron chi connectivity index (χ1n) is 12.3.